The molecule has 2 atom stereocenters. The van der Waals surface area contributed by atoms with Gasteiger partial charge in [0.1, 0.15) is 12.6 Å². The van der Waals surface area contributed by atoms with Crippen molar-refractivity contribution in [2.75, 3.05) is 24.9 Å². The SMILES string of the molecule is CC[C@@H](C)NC(=O)[C@@H](Cc1ccccc1)N(Cc1ccc(C)cc1)C(=O)CN(c1ccccc1)S(=O)(=O)N(C)C. The zero-order valence-electron chi connectivity index (χ0n) is 23.9. The maximum Gasteiger partial charge on any atom is 0.304 e. The lowest BCUT2D eigenvalue weighted by Crippen LogP contribution is -2.55. The zero-order valence-corrected chi connectivity index (χ0v) is 24.8. The van der Waals surface area contributed by atoms with Gasteiger partial charge >= 0.3 is 10.2 Å². The van der Waals surface area contributed by atoms with Crippen molar-refractivity contribution in [1.82, 2.24) is 14.5 Å². The van der Waals surface area contributed by atoms with Gasteiger partial charge < -0.3 is 10.2 Å². The summed E-state index contributed by atoms with van der Waals surface area (Å²) in [5, 5.41) is 3.04. The number of para-hydroxylation sites is 1. The summed E-state index contributed by atoms with van der Waals surface area (Å²) in [5.41, 5.74) is 3.18. The molecule has 0 fully saturated rings. The van der Waals surface area contributed by atoms with E-state index in [1.54, 1.807) is 30.3 Å². The first-order valence-electron chi connectivity index (χ1n) is 13.5. The van der Waals surface area contributed by atoms with Gasteiger partial charge in [0.2, 0.25) is 11.8 Å². The Balaban J connectivity index is 2.07. The molecule has 0 saturated heterocycles. The quantitative estimate of drug-likeness (QED) is 0.338. The van der Waals surface area contributed by atoms with E-state index in [-0.39, 0.29) is 24.9 Å². The number of amides is 2. The molecule has 3 aromatic rings. The first-order chi connectivity index (χ1) is 19.0. The van der Waals surface area contributed by atoms with Gasteiger partial charge in [-0.2, -0.15) is 12.7 Å². The van der Waals surface area contributed by atoms with Gasteiger partial charge in [-0.25, -0.2) is 4.31 Å². The molecule has 3 rings (SSSR count). The van der Waals surface area contributed by atoms with E-state index in [4.69, 9.17) is 0 Å². The number of rotatable bonds is 13. The maximum absolute atomic E-state index is 14.2. The Morgan fingerprint density at radius 3 is 1.98 bits per heavy atom. The van der Waals surface area contributed by atoms with E-state index in [0.717, 1.165) is 31.7 Å². The number of nitrogens with zero attached hydrogens (tertiary/aromatic N) is 3. The van der Waals surface area contributed by atoms with Gasteiger partial charge in [0.15, 0.2) is 0 Å². The highest BCUT2D eigenvalue weighted by Gasteiger charge is 2.34. The first-order valence-corrected chi connectivity index (χ1v) is 14.9. The lowest BCUT2D eigenvalue weighted by molar-refractivity contribution is -0.140. The summed E-state index contributed by atoms with van der Waals surface area (Å²) < 4.78 is 28.9. The Hall–Kier alpha value is -3.69. The minimum absolute atomic E-state index is 0.0861. The second kappa shape index (κ2) is 14.1. The number of hydrogen-bond acceptors (Lipinski definition) is 4. The molecule has 1 N–H and O–H groups in total. The summed E-state index contributed by atoms with van der Waals surface area (Å²) in [6, 6.07) is 24.9. The summed E-state index contributed by atoms with van der Waals surface area (Å²) >= 11 is 0. The van der Waals surface area contributed by atoms with Crippen LogP contribution in [0.3, 0.4) is 0 Å². The predicted molar refractivity (Wildman–Crippen MR) is 160 cm³/mol. The number of carbonyl (C=O) groups excluding carboxylic acids is 2. The van der Waals surface area contributed by atoms with Crippen LogP contribution >= 0.6 is 0 Å². The van der Waals surface area contributed by atoms with Crippen LogP contribution in [0.1, 0.15) is 37.0 Å². The van der Waals surface area contributed by atoms with Gasteiger partial charge in [0, 0.05) is 33.1 Å². The van der Waals surface area contributed by atoms with Gasteiger partial charge in [-0.1, -0.05) is 85.3 Å². The van der Waals surface area contributed by atoms with Gasteiger partial charge in [0.25, 0.3) is 0 Å². The molecule has 214 valence electrons. The summed E-state index contributed by atoms with van der Waals surface area (Å²) in [4.78, 5) is 29.4. The number of carbonyl (C=O) groups is 2. The standard InChI is InChI=1S/C31H40N4O4S/c1-6-25(3)32-31(37)29(21-26-13-9-7-10-14-26)34(22-27-19-17-24(2)18-20-27)30(36)23-35(40(38,39)33(4)5)28-15-11-8-12-16-28/h7-20,25,29H,6,21-23H2,1-5H3,(H,32,37)/t25-,29-/m1/s1. The molecule has 40 heavy (non-hydrogen) atoms. The van der Waals surface area contributed by atoms with E-state index in [9.17, 15) is 18.0 Å². The van der Waals surface area contributed by atoms with Gasteiger partial charge in [0.05, 0.1) is 5.69 Å². The van der Waals surface area contributed by atoms with Crippen molar-refractivity contribution in [2.45, 2.75) is 52.2 Å². The predicted octanol–water partition coefficient (Wildman–Crippen LogP) is 4.16. The second-order valence-corrected chi connectivity index (χ2v) is 12.2. The van der Waals surface area contributed by atoms with Gasteiger partial charge in [-0.15, -0.1) is 0 Å². The molecular weight excluding hydrogens is 524 g/mol. The van der Waals surface area contributed by atoms with Crippen molar-refractivity contribution in [1.29, 1.82) is 0 Å². The second-order valence-electron chi connectivity index (χ2n) is 10.2. The Kier molecular flexibility index (Phi) is 10.9. The molecule has 2 amide bonds. The molecular formula is C31H40N4O4S. The molecule has 0 radical (unpaired) electrons. The van der Waals surface area contributed by atoms with E-state index < -0.39 is 28.7 Å². The Morgan fingerprint density at radius 2 is 1.43 bits per heavy atom. The molecule has 0 unspecified atom stereocenters. The summed E-state index contributed by atoms with van der Waals surface area (Å²) in [7, 11) is -1.15. The van der Waals surface area contributed by atoms with Gasteiger partial charge in [-0.3, -0.25) is 9.59 Å². The lowest BCUT2D eigenvalue weighted by atomic mass is 10.0. The minimum atomic E-state index is -4.01. The summed E-state index contributed by atoms with van der Waals surface area (Å²) in [6.07, 6.45) is 1.02. The maximum atomic E-state index is 14.2. The van der Waals surface area contributed by atoms with Crippen LogP contribution in [0.25, 0.3) is 0 Å². The number of benzene rings is 3. The minimum Gasteiger partial charge on any atom is -0.352 e. The average molecular weight is 565 g/mol. The zero-order chi connectivity index (χ0) is 29.3. The Labute approximate surface area is 238 Å². The third kappa shape index (κ3) is 8.16. The van der Waals surface area contributed by atoms with E-state index in [1.165, 1.54) is 19.0 Å². The van der Waals surface area contributed by atoms with Crippen LogP contribution in [0.15, 0.2) is 84.9 Å². The Bertz CT molecular complexity index is 1350. The largest absolute Gasteiger partial charge is 0.352 e. The molecule has 0 saturated carbocycles. The van der Waals surface area contributed by atoms with Crippen molar-refractivity contribution in [3.8, 4) is 0 Å². The van der Waals surface area contributed by atoms with Crippen molar-refractivity contribution in [3.63, 3.8) is 0 Å². The number of nitrogens with one attached hydrogen (secondary N) is 1. The fourth-order valence-corrected chi connectivity index (χ4v) is 5.25. The lowest BCUT2D eigenvalue weighted by Gasteiger charge is -2.35. The van der Waals surface area contributed by atoms with E-state index in [1.807, 2.05) is 75.4 Å². The molecule has 0 aliphatic heterocycles. The molecule has 0 aromatic heterocycles. The van der Waals surface area contributed by atoms with Crippen LogP contribution in [-0.4, -0.2) is 62.2 Å². The van der Waals surface area contributed by atoms with Crippen LogP contribution in [0.5, 0.6) is 0 Å². The molecule has 0 bridgehead atoms. The molecule has 0 heterocycles. The van der Waals surface area contributed by atoms with Crippen molar-refractivity contribution >= 4 is 27.7 Å². The van der Waals surface area contributed by atoms with E-state index in [2.05, 4.69) is 5.32 Å². The summed E-state index contributed by atoms with van der Waals surface area (Å²) in [5.74, 6) is -0.754. The fourth-order valence-electron chi connectivity index (χ4n) is 4.20. The summed E-state index contributed by atoms with van der Waals surface area (Å²) in [6.45, 7) is 5.57. The number of aryl methyl sites for hydroxylation is 1. The van der Waals surface area contributed by atoms with Crippen molar-refractivity contribution < 1.29 is 18.0 Å². The topological polar surface area (TPSA) is 90.0 Å². The normalized spacial score (nSPS) is 12.9. The fraction of sp³-hybridized carbons (Fsp3) is 0.355. The highest BCUT2D eigenvalue weighted by atomic mass is 32.2. The highest BCUT2D eigenvalue weighted by Crippen LogP contribution is 2.22. The molecule has 0 aliphatic carbocycles. The van der Waals surface area contributed by atoms with Crippen LogP contribution in [0.4, 0.5) is 5.69 Å². The number of hydrogen-bond donors (Lipinski definition) is 1. The number of anilines is 1. The smallest absolute Gasteiger partial charge is 0.304 e. The average Bonchev–Trinajstić information content (AvgIpc) is 2.95. The van der Waals surface area contributed by atoms with Crippen molar-refractivity contribution in [3.05, 3.63) is 102 Å². The molecule has 0 aliphatic rings. The highest BCUT2D eigenvalue weighted by molar-refractivity contribution is 7.90. The van der Waals surface area contributed by atoms with Crippen molar-refractivity contribution in [2.24, 2.45) is 0 Å². The van der Waals surface area contributed by atoms with E-state index in [0.29, 0.717) is 5.69 Å². The monoisotopic (exact) mass is 564 g/mol. The van der Waals surface area contributed by atoms with E-state index >= 15 is 0 Å². The van der Waals surface area contributed by atoms with Crippen LogP contribution in [-0.2, 0) is 32.8 Å². The first kappa shape index (κ1) is 30.8. The molecule has 0 spiro atoms. The van der Waals surface area contributed by atoms with Crippen LogP contribution in [0, 0.1) is 6.92 Å². The third-order valence-corrected chi connectivity index (χ3v) is 8.63. The van der Waals surface area contributed by atoms with Crippen LogP contribution in [0.2, 0.25) is 0 Å². The van der Waals surface area contributed by atoms with Gasteiger partial charge in [-0.05, 0) is 43.5 Å². The molecule has 9 heteroatoms. The molecule has 3 aromatic carbocycles. The third-order valence-electron chi connectivity index (χ3n) is 6.81. The van der Waals surface area contributed by atoms with Crippen LogP contribution < -0.4 is 9.62 Å². The molecule has 8 nitrogen and oxygen atoms in total. The Morgan fingerprint density at radius 1 is 0.850 bits per heavy atom.